The minimum absolute atomic E-state index is 0.229. The van der Waals surface area contributed by atoms with Crippen LogP contribution in [0.4, 0.5) is 10.5 Å². The molecule has 0 spiro atoms. The number of carbonyl (C=O) groups excluding carboxylic acids is 2. The van der Waals surface area contributed by atoms with E-state index in [2.05, 4.69) is 5.32 Å². The quantitative estimate of drug-likeness (QED) is 0.482. The first-order chi connectivity index (χ1) is 12.7. The van der Waals surface area contributed by atoms with Crippen molar-refractivity contribution in [3.8, 4) is 0 Å². The van der Waals surface area contributed by atoms with Gasteiger partial charge in [0, 0.05) is 22.7 Å². The van der Waals surface area contributed by atoms with E-state index in [9.17, 15) is 9.59 Å². The molecule has 1 aromatic rings. The highest BCUT2D eigenvalue weighted by Crippen LogP contribution is 2.32. The highest BCUT2D eigenvalue weighted by atomic mass is 35.6. The molecule has 1 N–H and O–H groups in total. The molecule has 3 atom stereocenters. The van der Waals surface area contributed by atoms with E-state index < -0.39 is 28.6 Å². The number of benzene rings is 1. The topological polar surface area (TPSA) is 58.6 Å². The van der Waals surface area contributed by atoms with Crippen molar-refractivity contribution in [2.75, 3.05) is 11.5 Å². The third-order valence-corrected chi connectivity index (χ3v) is 4.76. The van der Waals surface area contributed by atoms with Crippen LogP contribution in [-0.2, 0) is 9.53 Å². The zero-order valence-electron chi connectivity index (χ0n) is 14.0. The summed E-state index contributed by atoms with van der Waals surface area (Å²) >= 11 is 28.7. The summed E-state index contributed by atoms with van der Waals surface area (Å²) in [7, 11) is 0. The third-order valence-electron chi connectivity index (χ3n) is 3.95. The number of amides is 2. The number of alkyl carbamates (subject to hydrolysis) is 1. The molecule has 1 aliphatic carbocycles. The summed E-state index contributed by atoms with van der Waals surface area (Å²) in [6, 6.07) is 8.21. The molecular weight excluding hydrogens is 457 g/mol. The number of para-hydroxylation sites is 1. The highest BCUT2D eigenvalue weighted by molar-refractivity contribution is 6.67. The van der Waals surface area contributed by atoms with Crippen molar-refractivity contribution >= 4 is 75.7 Å². The maximum absolute atomic E-state index is 12.6. The van der Waals surface area contributed by atoms with Crippen molar-refractivity contribution in [3.63, 3.8) is 0 Å². The van der Waals surface area contributed by atoms with E-state index in [-0.39, 0.29) is 11.3 Å². The summed E-state index contributed by atoms with van der Waals surface area (Å²) < 4.78 is 3.21. The van der Waals surface area contributed by atoms with Crippen LogP contribution in [0, 0.1) is 0 Å². The van der Waals surface area contributed by atoms with Gasteiger partial charge in [0.05, 0.1) is 12.1 Å². The average molecular weight is 475 g/mol. The van der Waals surface area contributed by atoms with Gasteiger partial charge in [0.25, 0.3) is 5.91 Å². The Hall–Kier alpha value is -0.850. The van der Waals surface area contributed by atoms with Gasteiger partial charge in [-0.2, -0.15) is 0 Å². The first-order valence-corrected chi connectivity index (χ1v) is 10.0. The fraction of sp³-hybridized carbons (Fsp3) is 0.412. The Balaban J connectivity index is 2.19. The summed E-state index contributed by atoms with van der Waals surface area (Å²) in [6.45, 7) is -0.401. The second-order valence-electron chi connectivity index (χ2n) is 5.91. The van der Waals surface area contributed by atoms with Crippen LogP contribution in [-0.4, -0.2) is 39.9 Å². The van der Waals surface area contributed by atoms with E-state index in [4.69, 9.17) is 62.7 Å². The first kappa shape index (κ1) is 22.4. The van der Waals surface area contributed by atoms with E-state index in [0.717, 1.165) is 5.54 Å². The maximum atomic E-state index is 12.6. The van der Waals surface area contributed by atoms with E-state index in [1.165, 1.54) is 6.08 Å². The molecular formula is C17H17Cl5N2O3. The zero-order chi connectivity index (χ0) is 20.0. The van der Waals surface area contributed by atoms with Gasteiger partial charge in [-0.15, -0.1) is 11.6 Å². The third kappa shape index (κ3) is 6.91. The van der Waals surface area contributed by atoms with Gasteiger partial charge < -0.3 is 15.0 Å². The molecule has 1 aliphatic rings. The van der Waals surface area contributed by atoms with Crippen LogP contribution in [0.3, 0.4) is 0 Å². The summed E-state index contributed by atoms with van der Waals surface area (Å²) in [4.78, 5) is 26.3. The van der Waals surface area contributed by atoms with Crippen molar-refractivity contribution in [1.82, 2.24) is 5.32 Å². The second-order valence-corrected chi connectivity index (χ2v) is 9.30. The smallest absolute Gasteiger partial charge is 0.407 e. The highest BCUT2D eigenvalue weighted by Gasteiger charge is 2.40. The molecule has 0 saturated heterocycles. The lowest BCUT2D eigenvalue weighted by Gasteiger charge is -2.32. The van der Waals surface area contributed by atoms with Crippen LogP contribution in [0.1, 0.15) is 12.8 Å². The van der Waals surface area contributed by atoms with Gasteiger partial charge >= 0.3 is 6.09 Å². The Bertz CT molecular complexity index is 681. The standard InChI is InChI=1S/C17H17Cl5N2O3/c18-7-6-15(25)24(12-4-2-1-3-5-12)14-9-11(19)8-13(14)23-16(26)27-10-17(20,21)22/h1-7,11,13-14H,8-10H2,(H,23,26)/b7-6+. The van der Waals surface area contributed by atoms with Crippen molar-refractivity contribution in [3.05, 3.63) is 41.9 Å². The predicted octanol–water partition coefficient (Wildman–Crippen LogP) is 5.01. The lowest BCUT2D eigenvalue weighted by molar-refractivity contribution is -0.114. The van der Waals surface area contributed by atoms with Gasteiger partial charge in [0.1, 0.15) is 6.61 Å². The van der Waals surface area contributed by atoms with Crippen LogP contribution in [0.15, 0.2) is 41.9 Å². The number of hydrogen-bond donors (Lipinski definition) is 1. The van der Waals surface area contributed by atoms with Gasteiger partial charge in [-0.05, 0) is 25.0 Å². The number of nitrogens with zero attached hydrogens (tertiary/aromatic N) is 1. The predicted molar refractivity (Wildman–Crippen MR) is 110 cm³/mol. The normalized spacial score (nSPS) is 22.6. The van der Waals surface area contributed by atoms with Gasteiger partial charge in [0.2, 0.25) is 3.79 Å². The molecule has 5 nitrogen and oxygen atoms in total. The van der Waals surface area contributed by atoms with Gasteiger partial charge in [0.15, 0.2) is 0 Å². The molecule has 0 heterocycles. The van der Waals surface area contributed by atoms with E-state index >= 15 is 0 Å². The summed E-state index contributed by atoms with van der Waals surface area (Å²) in [5.41, 5.74) is 1.80. The van der Waals surface area contributed by atoms with Crippen LogP contribution in [0.5, 0.6) is 0 Å². The van der Waals surface area contributed by atoms with Crippen LogP contribution >= 0.6 is 58.0 Å². The number of alkyl halides is 4. The molecule has 0 aliphatic heterocycles. The van der Waals surface area contributed by atoms with Crippen molar-refractivity contribution < 1.29 is 14.3 Å². The fourth-order valence-electron chi connectivity index (χ4n) is 2.94. The Morgan fingerprint density at radius 2 is 1.89 bits per heavy atom. The van der Waals surface area contributed by atoms with E-state index in [1.807, 2.05) is 18.2 Å². The number of rotatable bonds is 5. The molecule has 2 rings (SSSR count). The first-order valence-electron chi connectivity index (χ1n) is 8.00. The Labute approximate surface area is 182 Å². The SMILES string of the molecule is O=C(NC1CC(Cl)CC1N(C(=O)/C=C/Cl)c1ccccc1)OCC(Cl)(Cl)Cl. The van der Waals surface area contributed by atoms with E-state index in [1.54, 1.807) is 17.0 Å². The van der Waals surface area contributed by atoms with Gasteiger partial charge in [-0.25, -0.2) is 4.79 Å². The molecule has 0 radical (unpaired) electrons. The maximum Gasteiger partial charge on any atom is 0.407 e. The Kier molecular flexibility index (Phi) is 8.38. The molecule has 148 valence electrons. The second kappa shape index (κ2) is 10.1. The number of ether oxygens (including phenoxy) is 1. The summed E-state index contributed by atoms with van der Waals surface area (Å²) in [6.07, 6.45) is 1.42. The molecule has 3 unspecified atom stereocenters. The number of hydrogen-bond acceptors (Lipinski definition) is 3. The van der Waals surface area contributed by atoms with Crippen molar-refractivity contribution in [2.45, 2.75) is 34.1 Å². The Morgan fingerprint density at radius 3 is 2.48 bits per heavy atom. The van der Waals surface area contributed by atoms with Crippen molar-refractivity contribution in [2.24, 2.45) is 0 Å². The monoisotopic (exact) mass is 472 g/mol. The number of nitrogens with one attached hydrogen (secondary N) is 1. The minimum atomic E-state index is -1.71. The summed E-state index contributed by atoms with van der Waals surface area (Å²) in [5.74, 6) is -0.326. The number of anilines is 1. The molecule has 2 amide bonds. The van der Waals surface area contributed by atoms with Gasteiger partial charge in [-0.3, -0.25) is 4.79 Å². The number of carbonyl (C=O) groups is 2. The molecule has 10 heteroatoms. The lowest BCUT2D eigenvalue weighted by Crippen LogP contribution is -2.51. The van der Waals surface area contributed by atoms with Crippen LogP contribution in [0.25, 0.3) is 0 Å². The van der Waals surface area contributed by atoms with Gasteiger partial charge in [-0.1, -0.05) is 64.6 Å². The lowest BCUT2D eigenvalue weighted by atomic mass is 10.1. The molecule has 27 heavy (non-hydrogen) atoms. The molecule has 1 fully saturated rings. The molecule has 0 bridgehead atoms. The van der Waals surface area contributed by atoms with Crippen molar-refractivity contribution in [1.29, 1.82) is 0 Å². The molecule has 0 aromatic heterocycles. The molecule has 1 aromatic carbocycles. The van der Waals surface area contributed by atoms with Crippen LogP contribution < -0.4 is 10.2 Å². The number of halogens is 5. The largest absolute Gasteiger partial charge is 0.445 e. The fourth-order valence-corrected chi connectivity index (χ4v) is 3.59. The molecule has 1 saturated carbocycles. The van der Waals surface area contributed by atoms with Crippen LogP contribution in [0.2, 0.25) is 0 Å². The minimum Gasteiger partial charge on any atom is -0.445 e. The average Bonchev–Trinajstić information content (AvgIpc) is 2.94. The zero-order valence-corrected chi connectivity index (χ0v) is 17.7. The summed E-state index contributed by atoms with van der Waals surface area (Å²) in [5, 5.41) is 2.48. The Morgan fingerprint density at radius 1 is 1.22 bits per heavy atom. The van der Waals surface area contributed by atoms with E-state index in [0.29, 0.717) is 18.5 Å².